The minimum absolute atomic E-state index is 0.425. The minimum Gasteiger partial charge on any atom is -0.496 e. The Balaban J connectivity index is 2.23. The van der Waals surface area contributed by atoms with Gasteiger partial charge in [-0.25, -0.2) is 0 Å². The molecule has 90 valence electrons. The summed E-state index contributed by atoms with van der Waals surface area (Å²) in [5.41, 5.74) is 7.26. The molecule has 0 aliphatic heterocycles. The molecule has 1 heterocycles. The van der Waals surface area contributed by atoms with E-state index in [1.54, 1.807) is 19.2 Å². The van der Waals surface area contributed by atoms with Gasteiger partial charge in [-0.2, -0.15) is 0 Å². The highest BCUT2D eigenvalue weighted by Crippen LogP contribution is 2.25. The molecular weight excluding hydrogens is 254 g/mol. The molecule has 2 rings (SSSR count). The molecule has 0 aliphatic rings. The lowest BCUT2D eigenvalue weighted by atomic mass is 10.2. The predicted molar refractivity (Wildman–Crippen MR) is 71.8 cm³/mol. The number of benzene rings is 1. The Hall–Kier alpha value is -1.33. The van der Waals surface area contributed by atoms with Crippen molar-refractivity contribution in [2.24, 2.45) is 0 Å². The van der Waals surface area contributed by atoms with Gasteiger partial charge in [-0.3, -0.25) is 4.21 Å². The molecule has 1 aromatic heterocycles. The zero-order valence-corrected chi connectivity index (χ0v) is 11.0. The van der Waals surface area contributed by atoms with E-state index in [9.17, 15) is 4.21 Å². The summed E-state index contributed by atoms with van der Waals surface area (Å²) in [5.74, 6) is 1.15. The van der Waals surface area contributed by atoms with Crippen LogP contribution in [0.15, 0.2) is 39.9 Å². The first-order valence-electron chi connectivity index (χ1n) is 5.05. The standard InChI is InChI=1S/C12H13NO2S2/c1-15-11-5-4-10(13)7-9(11)8-17(14)12-3-2-6-16-12/h2-7H,8,13H2,1H3. The van der Waals surface area contributed by atoms with Gasteiger partial charge in [-0.05, 0) is 29.6 Å². The Kier molecular flexibility index (Phi) is 3.81. The molecule has 1 unspecified atom stereocenters. The Morgan fingerprint density at radius 3 is 2.88 bits per heavy atom. The lowest BCUT2D eigenvalue weighted by Crippen LogP contribution is -1.99. The Morgan fingerprint density at radius 2 is 2.24 bits per heavy atom. The molecule has 0 saturated carbocycles. The van der Waals surface area contributed by atoms with Crippen LogP contribution in [0.4, 0.5) is 5.69 Å². The third-order valence-electron chi connectivity index (χ3n) is 2.31. The number of rotatable bonds is 4. The first-order valence-corrected chi connectivity index (χ1v) is 7.25. The molecule has 0 saturated heterocycles. The van der Waals surface area contributed by atoms with Crippen molar-refractivity contribution in [3.8, 4) is 5.75 Å². The van der Waals surface area contributed by atoms with Crippen molar-refractivity contribution in [2.45, 2.75) is 9.96 Å². The van der Waals surface area contributed by atoms with Crippen LogP contribution in [0.2, 0.25) is 0 Å². The normalized spacial score (nSPS) is 12.3. The van der Waals surface area contributed by atoms with Crippen LogP contribution in [-0.2, 0) is 16.6 Å². The summed E-state index contributed by atoms with van der Waals surface area (Å²) in [6.45, 7) is 0. The quantitative estimate of drug-likeness (QED) is 0.866. The summed E-state index contributed by atoms with van der Waals surface area (Å²) in [6.07, 6.45) is 0. The summed E-state index contributed by atoms with van der Waals surface area (Å²) < 4.78 is 18.2. The van der Waals surface area contributed by atoms with Crippen molar-refractivity contribution in [3.05, 3.63) is 41.3 Å². The van der Waals surface area contributed by atoms with Crippen LogP contribution in [0.3, 0.4) is 0 Å². The van der Waals surface area contributed by atoms with E-state index in [1.807, 2.05) is 23.6 Å². The third kappa shape index (κ3) is 2.87. The summed E-state index contributed by atoms with van der Waals surface area (Å²) in [4.78, 5) is 0. The molecule has 3 nitrogen and oxygen atoms in total. The van der Waals surface area contributed by atoms with Crippen molar-refractivity contribution in [1.29, 1.82) is 0 Å². The maximum Gasteiger partial charge on any atom is 0.123 e. The van der Waals surface area contributed by atoms with Crippen molar-refractivity contribution in [3.63, 3.8) is 0 Å². The second-order valence-corrected chi connectivity index (χ2v) is 6.12. The number of anilines is 1. The fourth-order valence-electron chi connectivity index (χ4n) is 1.52. The summed E-state index contributed by atoms with van der Waals surface area (Å²) >= 11 is 1.50. The largest absolute Gasteiger partial charge is 0.496 e. The highest BCUT2D eigenvalue weighted by molar-refractivity contribution is 7.86. The van der Waals surface area contributed by atoms with E-state index in [-0.39, 0.29) is 0 Å². The number of nitrogen functional groups attached to an aromatic ring is 1. The highest BCUT2D eigenvalue weighted by atomic mass is 32.2. The number of thiophene rings is 1. The van der Waals surface area contributed by atoms with Crippen LogP contribution in [0.25, 0.3) is 0 Å². The van der Waals surface area contributed by atoms with Crippen molar-refractivity contribution in [1.82, 2.24) is 0 Å². The summed E-state index contributed by atoms with van der Waals surface area (Å²) in [6, 6.07) is 9.16. The number of hydrogen-bond donors (Lipinski definition) is 1. The Morgan fingerprint density at radius 1 is 1.41 bits per heavy atom. The molecule has 2 N–H and O–H groups in total. The van der Waals surface area contributed by atoms with Gasteiger partial charge >= 0.3 is 0 Å². The van der Waals surface area contributed by atoms with Crippen LogP contribution in [0.1, 0.15) is 5.56 Å². The fourth-order valence-corrected chi connectivity index (χ4v) is 3.62. The van der Waals surface area contributed by atoms with Crippen LogP contribution in [0, 0.1) is 0 Å². The van der Waals surface area contributed by atoms with E-state index in [0.717, 1.165) is 15.5 Å². The van der Waals surface area contributed by atoms with Gasteiger partial charge in [0.2, 0.25) is 0 Å². The molecule has 1 aromatic carbocycles. The SMILES string of the molecule is COc1ccc(N)cc1CS(=O)c1cccs1. The second-order valence-electron chi connectivity index (χ2n) is 3.49. The molecule has 0 aliphatic carbocycles. The van der Waals surface area contributed by atoms with E-state index in [0.29, 0.717) is 11.4 Å². The fraction of sp³-hybridized carbons (Fsp3) is 0.167. The van der Waals surface area contributed by atoms with Gasteiger partial charge in [0, 0.05) is 11.3 Å². The van der Waals surface area contributed by atoms with E-state index in [4.69, 9.17) is 10.5 Å². The summed E-state index contributed by atoms with van der Waals surface area (Å²) in [7, 11) is 0.560. The van der Waals surface area contributed by atoms with Crippen molar-refractivity contribution in [2.75, 3.05) is 12.8 Å². The molecular formula is C12H13NO2S2. The zero-order chi connectivity index (χ0) is 12.3. The predicted octanol–water partition coefficient (Wildman–Crippen LogP) is 2.65. The maximum atomic E-state index is 12.1. The van der Waals surface area contributed by atoms with E-state index >= 15 is 0 Å². The average Bonchev–Trinajstić information content (AvgIpc) is 2.83. The molecule has 0 fully saturated rings. The zero-order valence-electron chi connectivity index (χ0n) is 9.38. The van der Waals surface area contributed by atoms with Crippen LogP contribution < -0.4 is 10.5 Å². The van der Waals surface area contributed by atoms with Gasteiger partial charge in [0.1, 0.15) is 5.75 Å². The van der Waals surface area contributed by atoms with Crippen LogP contribution in [-0.4, -0.2) is 11.3 Å². The number of methoxy groups -OCH3 is 1. The van der Waals surface area contributed by atoms with Crippen molar-refractivity contribution < 1.29 is 8.95 Å². The molecule has 0 spiro atoms. The number of nitrogens with two attached hydrogens (primary N) is 1. The van der Waals surface area contributed by atoms with Crippen molar-refractivity contribution >= 4 is 27.8 Å². The van der Waals surface area contributed by atoms with Gasteiger partial charge < -0.3 is 10.5 Å². The third-order valence-corrected chi connectivity index (χ3v) is 4.98. The molecule has 0 radical (unpaired) electrons. The minimum atomic E-state index is -1.04. The van der Waals surface area contributed by atoms with Gasteiger partial charge in [0.25, 0.3) is 0 Å². The topological polar surface area (TPSA) is 52.3 Å². The smallest absolute Gasteiger partial charge is 0.123 e. The Bertz CT molecular complexity index is 523. The molecule has 5 heteroatoms. The first-order chi connectivity index (χ1) is 8.20. The van der Waals surface area contributed by atoms with E-state index in [2.05, 4.69) is 0 Å². The monoisotopic (exact) mass is 267 g/mol. The van der Waals surface area contributed by atoms with E-state index < -0.39 is 10.8 Å². The second kappa shape index (κ2) is 5.33. The number of hydrogen-bond acceptors (Lipinski definition) is 4. The Labute approximate surface area is 107 Å². The maximum absolute atomic E-state index is 12.1. The first kappa shape index (κ1) is 12.1. The lowest BCUT2D eigenvalue weighted by molar-refractivity contribution is 0.411. The van der Waals surface area contributed by atoms with Gasteiger partial charge in [-0.15, -0.1) is 11.3 Å². The van der Waals surface area contributed by atoms with Crippen LogP contribution >= 0.6 is 11.3 Å². The molecule has 0 bridgehead atoms. The molecule has 1 atom stereocenters. The summed E-state index contributed by atoms with van der Waals surface area (Å²) in [5, 5.41) is 1.92. The molecule has 0 amide bonds. The van der Waals surface area contributed by atoms with Gasteiger partial charge in [-0.1, -0.05) is 6.07 Å². The number of ether oxygens (including phenoxy) is 1. The molecule has 17 heavy (non-hydrogen) atoms. The molecule has 2 aromatic rings. The lowest BCUT2D eigenvalue weighted by Gasteiger charge is -2.08. The van der Waals surface area contributed by atoms with Gasteiger partial charge in [0.15, 0.2) is 0 Å². The van der Waals surface area contributed by atoms with Gasteiger partial charge in [0.05, 0.1) is 27.9 Å². The van der Waals surface area contributed by atoms with Crippen LogP contribution in [0.5, 0.6) is 5.75 Å². The highest BCUT2D eigenvalue weighted by Gasteiger charge is 2.10. The average molecular weight is 267 g/mol. The van der Waals surface area contributed by atoms with E-state index in [1.165, 1.54) is 11.3 Å².